The van der Waals surface area contributed by atoms with E-state index in [2.05, 4.69) is 19.9 Å². The van der Waals surface area contributed by atoms with Crippen molar-refractivity contribution in [3.05, 3.63) is 12.7 Å². The molecule has 2 aromatic heterocycles. The molecule has 7 nitrogen and oxygen atoms in total. The molecule has 8 heteroatoms. The Balaban J connectivity index is 1.38. The molecule has 2 aromatic rings. The number of imidazole rings is 1. The maximum atomic E-state index is 12.0. The molecule has 118 valence electrons. The molecule has 22 heavy (non-hydrogen) atoms. The molecule has 1 aliphatic heterocycles. The summed E-state index contributed by atoms with van der Waals surface area (Å²) in [7, 11) is 0. The van der Waals surface area contributed by atoms with E-state index in [9.17, 15) is 4.79 Å². The van der Waals surface area contributed by atoms with Crippen LogP contribution in [0.4, 0.5) is 0 Å². The lowest BCUT2D eigenvalue weighted by molar-refractivity contribution is -0.135. The van der Waals surface area contributed by atoms with Crippen LogP contribution in [0.3, 0.4) is 0 Å². The van der Waals surface area contributed by atoms with Crippen LogP contribution >= 0.6 is 11.8 Å². The number of thioether (sulfide) groups is 1. The van der Waals surface area contributed by atoms with Crippen molar-refractivity contribution in [1.82, 2.24) is 24.8 Å². The summed E-state index contributed by atoms with van der Waals surface area (Å²) >= 11 is 1.67. The lowest BCUT2D eigenvalue weighted by Gasteiger charge is -2.26. The zero-order valence-electron chi connectivity index (χ0n) is 12.3. The fourth-order valence-electron chi connectivity index (χ4n) is 2.37. The predicted octanol–water partition coefficient (Wildman–Crippen LogP) is 1.47. The number of H-pyrrole nitrogens is 1. The van der Waals surface area contributed by atoms with Crippen LogP contribution in [0.15, 0.2) is 17.7 Å². The van der Waals surface area contributed by atoms with Gasteiger partial charge in [-0.25, -0.2) is 15.0 Å². The Bertz CT molecular complexity index is 626. The molecule has 0 radical (unpaired) electrons. The van der Waals surface area contributed by atoms with Crippen molar-refractivity contribution in [2.75, 3.05) is 32.1 Å². The Morgan fingerprint density at radius 2 is 2.14 bits per heavy atom. The van der Waals surface area contributed by atoms with Gasteiger partial charge in [-0.05, 0) is 18.6 Å². The second kappa shape index (κ2) is 7.55. The Morgan fingerprint density at radius 1 is 1.27 bits per heavy atom. The lowest BCUT2D eigenvalue weighted by atomic mass is 10.2. The first-order chi connectivity index (χ1) is 10.8. The zero-order chi connectivity index (χ0) is 15.2. The van der Waals surface area contributed by atoms with Gasteiger partial charge in [0.25, 0.3) is 0 Å². The number of amides is 1. The molecule has 1 amide bonds. The predicted molar refractivity (Wildman–Crippen MR) is 83.7 cm³/mol. The van der Waals surface area contributed by atoms with Gasteiger partial charge in [-0.15, -0.1) is 11.8 Å². The second-order valence-electron chi connectivity index (χ2n) is 5.08. The smallest absolute Gasteiger partial charge is 0.222 e. The van der Waals surface area contributed by atoms with E-state index in [1.54, 1.807) is 18.1 Å². The summed E-state index contributed by atoms with van der Waals surface area (Å²) in [5.74, 6) is 1.17. The van der Waals surface area contributed by atoms with Crippen LogP contribution in [0, 0.1) is 0 Å². The van der Waals surface area contributed by atoms with Gasteiger partial charge < -0.3 is 14.6 Å². The average Bonchev–Trinajstić information content (AvgIpc) is 3.04. The monoisotopic (exact) mass is 321 g/mol. The lowest BCUT2D eigenvalue weighted by Crippen LogP contribution is -2.40. The third-order valence-corrected chi connectivity index (χ3v) is 4.65. The minimum Gasteiger partial charge on any atom is -0.378 e. The summed E-state index contributed by atoms with van der Waals surface area (Å²) in [5, 5.41) is 0.919. The fraction of sp³-hybridized carbons (Fsp3) is 0.571. The molecule has 1 fully saturated rings. The minimum absolute atomic E-state index is 0.242. The van der Waals surface area contributed by atoms with Gasteiger partial charge in [-0.3, -0.25) is 4.79 Å². The Kier molecular flexibility index (Phi) is 5.23. The van der Waals surface area contributed by atoms with Gasteiger partial charge in [0.1, 0.15) is 16.9 Å². The summed E-state index contributed by atoms with van der Waals surface area (Å²) in [6.07, 6.45) is 5.67. The number of carbonyl (C=O) groups is 1. The molecule has 0 aliphatic carbocycles. The standard InChI is InChI=1S/C14H19N5O2S/c20-11(19-4-6-21-7-5-19)3-1-2-8-22-14-12-13(16-9-15-12)17-10-18-14/h9-10H,1-8H2,(H,15,16,17,18). The number of hydrogen-bond donors (Lipinski definition) is 1. The third kappa shape index (κ3) is 3.75. The van der Waals surface area contributed by atoms with Gasteiger partial charge >= 0.3 is 0 Å². The molecule has 0 aromatic carbocycles. The molecule has 0 atom stereocenters. The van der Waals surface area contributed by atoms with Crippen LogP contribution in [0.1, 0.15) is 19.3 Å². The van der Waals surface area contributed by atoms with Crippen LogP contribution in [0.5, 0.6) is 0 Å². The van der Waals surface area contributed by atoms with E-state index in [1.165, 1.54) is 6.33 Å². The van der Waals surface area contributed by atoms with Crippen molar-refractivity contribution in [2.45, 2.75) is 24.3 Å². The van der Waals surface area contributed by atoms with Gasteiger partial charge in [-0.1, -0.05) is 0 Å². The Labute approximate surface area is 132 Å². The second-order valence-corrected chi connectivity index (χ2v) is 6.16. The van der Waals surface area contributed by atoms with E-state index in [-0.39, 0.29) is 5.91 Å². The molecular weight excluding hydrogens is 302 g/mol. The van der Waals surface area contributed by atoms with Crippen molar-refractivity contribution in [1.29, 1.82) is 0 Å². The number of aromatic amines is 1. The van der Waals surface area contributed by atoms with Crippen LogP contribution in [0.25, 0.3) is 11.2 Å². The first kappa shape index (κ1) is 15.2. The van der Waals surface area contributed by atoms with E-state index in [1.807, 2.05) is 4.90 Å². The van der Waals surface area contributed by atoms with Crippen molar-refractivity contribution in [2.24, 2.45) is 0 Å². The molecule has 3 rings (SSSR count). The third-order valence-electron chi connectivity index (χ3n) is 3.58. The molecule has 1 aliphatic rings. The van der Waals surface area contributed by atoms with E-state index in [0.29, 0.717) is 25.3 Å². The Hall–Kier alpha value is -1.67. The quantitative estimate of drug-likeness (QED) is 0.493. The largest absolute Gasteiger partial charge is 0.378 e. The first-order valence-corrected chi connectivity index (χ1v) is 8.45. The Morgan fingerprint density at radius 3 is 3.00 bits per heavy atom. The maximum absolute atomic E-state index is 12.0. The van der Waals surface area contributed by atoms with Gasteiger partial charge in [0, 0.05) is 19.5 Å². The number of morpholine rings is 1. The highest BCUT2D eigenvalue weighted by Crippen LogP contribution is 2.22. The first-order valence-electron chi connectivity index (χ1n) is 7.47. The minimum atomic E-state index is 0.242. The number of fused-ring (bicyclic) bond motifs is 1. The average molecular weight is 321 g/mol. The number of unbranched alkanes of at least 4 members (excludes halogenated alkanes) is 1. The molecule has 0 spiro atoms. The van der Waals surface area contributed by atoms with Crippen LogP contribution < -0.4 is 0 Å². The number of hydrogen-bond acceptors (Lipinski definition) is 6. The topological polar surface area (TPSA) is 84.0 Å². The summed E-state index contributed by atoms with van der Waals surface area (Å²) < 4.78 is 5.25. The van der Waals surface area contributed by atoms with Crippen molar-refractivity contribution in [3.8, 4) is 0 Å². The molecule has 0 bridgehead atoms. The molecule has 1 saturated heterocycles. The van der Waals surface area contributed by atoms with E-state index in [4.69, 9.17) is 4.74 Å². The van der Waals surface area contributed by atoms with Crippen LogP contribution in [-0.2, 0) is 9.53 Å². The van der Waals surface area contributed by atoms with Crippen LogP contribution in [0.2, 0.25) is 0 Å². The summed E-state index contributed by atoms with van der Waals surface area (Å²) in [5.41, 5.74) is 1.58. The van der Waals surface area contributed by atoms with Crippen LogP contribution in [-0.4, -0.2) is 62.8 Å². The SMILES string of the molecule is O=C(CCCCSc1ncnc2nc[nH]c12)N1CCOCC1. The summed E-state index contributed by atoms with van der Waals surface area (Å²) in [4.78, 5) is 29.4. The van der Waals surface area contributed by atoms with E-state index >= 15 is 0 Å². The summed E-state index contributed by atoms with van der Waals surface area (Å²) in [6, 6.07) is 0. The summed E-state index contributed by atoms with van der Waals surface area (Å²) in [6.45, 7) is 2.78. The normalized spacial score (nSPS) is 15.4. The number of carbonyl (C=O) groups excluding carboxylic acids is 1. The molecule has 1 N–H and O–H groups in total. The van der Waals surface area contributed by atoms with Crippen molar-refractivity contribution < 1.29 is 9.53 Å². The highest BCUT2D eigenvalue weighted by atomic mass is 32.2. The van der Waals surface area contributed by atoms with Gasteiger partial charge in [-0.2, -0.15) is 0 Å². The van der Waals surface area contributed by atoms with Gasteiger partial charge in [0.05, 0.1) is 19.5 Å². The highest BCUT2D eigenvalue weighted by molar-refractivity contribution is 7.99. The van der Waals surface area contributed by atoms with Gasteiger partial charge in [0.15, 0.2) is 5.65 Å². The van der Waals surface area contributed by atoms with Crippen molar-refractivity contribution in [3.63, 3.8) is 0 Å². The molecular formula is C14H19N5O2S. The van der Waals surface area contributed by atoms with Crippen molar-refractivity contribution >= 4 is 28.8 Å². The number of rotatable bonds is 6. The molecule has 0 unspecified atom stereocenters. The maximum Gasteiger partial charge on any atom is 0.222 e. The number of ether oxygens (including phenoxy) is 1. The molecule has 3 heterocycles. The van der Waals surface area contributed by atoms with E-state index in [0.717, 1.165) is 42.2 Å². The zero-order valence-corrected chi connectivity index (χ0v) is 13.1. The van der Waals surface area contributed by atoms with Gasteiger partial charge in [0.2, 0.25) is 5.91 Å². The fourth-order valence-corrected chi connectivity index (χ4v) is 3.33. The molecule has 0 saturated carbocycles. The van der Waals surface area contributed by atoms with E-state index < -0.39 is 0 Å². The highest BCUT2D eigenvalue weighted by Gasteiger charge is 2.16. The number of aromatic nitrogens is 4. The number of nitrogens with zero attached hydrogens (tertiary/aromatic N) is 4. The number of nitrogens with one attached hydrogen (secondary N) is 1.